The SMILES string of the molecule is Cc1nnc(N2CC[C@@H](CO)C2)s1. The van der Waals surface area contributed by atoms with Gasteiger partial charge in [0.2, 0.25) is 5.13 Å². The highest BCUT2D eigenvalue weighted by molar-refractivity contribution is 7.15. The molecule has 13 heavy (non-hydrogen) atoms. The van der Waals surface area contributed by atoms with Crippen molar-refractivity contribution in [2.75, 3.05) is 24.6 Å². The molecule has 1 atom stereocenters. The normalized spacial score (nSPS) is 22.6. The van der Waals surface area contributed by atoms with E-state index in [2.05, 4.69) is 15.1 Å². The van der Waals surface area contributed by atoms with Gasteiger partial charge in [-0.3, -0.25) is 0 Å². The lowest BCUT2D eigenvalue weighted by atomic mass is 10.1. The van der Waals surface area contributed by atoms with Gasteiger partial charge in [-0.1, -0.05) is 11.3 Å². The maximum atomic E-state index is 8.98. The highest BCUT2D eigenvalue weighted by atomic mass is 32.1. The molecule has 0 bridgehead atoms. The van der Waals surface area contributed by atoms with Crippen LogP contribution >= 0.6 is 11.3 Å². The van der Waals surface area contributed by atoms with Crippen LogP contribution < -0.4 is 4.90 Å². The van der Waals surface area contributed by atoms with Crippen molar-refractivity contribution in [3.8, 4) is 0 Å². The molecule has 2 heterocycles. The molecule has 4 nitrogen and oxygen atoms in total. The maximum absolute atomic E-state index is 8.98. The first-order chi connectivity index (χ1) is 6.29. The number of hydrogen-bond donors (Lipinski definition) is 1. The summed E-state index contributed by atoms with van der Waals surface area (Å²) in [5.41, 5.74) is 0. The first-order valence-corrected chi connectivity index (χ1v) is 5.27. The van der Waals surface area contributed by atoms with Crippen LogP contribution in [-0.2, 0) is 0 Å². The minimum absolute atomic E-state index is 0.286. The average Bonchev–Trinajstić information content (AvgIpc) is 2.71. The zero-order valence-electron chi connectivity index (χ0n) is 7.60. The Balaban J connectivity index is 2.03. The number of aliphatic hydroxyl groups excluding tert-OH is 1. The Hall–Kier alpha value is -0.680. The second-order valence-corrected chi connectivity index (χ2v) is 4.55. The van der Waals surface area contributed by atoms with E-state index in [1.54, 1.807) is 11.3 Å². The fourth-order valence-corrected chi connectivity index (χ4v) is 2.29. The molecule has 0 saturated carbocycles. The van der Waals surface area contributed by atoms with Crippen molar-refractivity contribution in [2.45, 2.75) is 13.3 Å². The lowest BCUT2D eigenvalue weighted by Crippen LogP contribution is -2.20. The summed E-state index contributed by atoms with van der Waals surface area (Å²) in [6, 6.07) is 0. The highest BCUT2D eigenvalue weighted by Gasteiger charge is 2.23. The second-order valence-electron chi connectivity index (χ2n) is 3.39. The van der Waals surface area contributed by atoms with Crippen molar-refractivity contribution in [3.05, 3.63) is 5.01 Å². The Morgan fingerprint density at radius 3 is 3.00 bits per heavy atom. The summed E-state index contributed by atoms with van der Waals surface area (Å²) in [6.45, 7) is 4.17. The largest absolute Gasteiger partial charge is 0.396 e. The standard InChI is InChI=1S/C8H13N3OS/c1-6-9-10-8(13-6)11-3-2-7(4-11)5-12/h7,12H,2-5H2,1H3/t7-/m1/s1. The van der Waals surface area contributed by atoms with Crippen molar-refractivity contribution in [1.29, 1.82) is 0 Å². The van der Waals surface area contributed by atoms with Gasteiger partial charge in [-0.2, -0.15) is 0 Å². The van der Waals surface area contributed by atoms with E-state index < -0.39 is 0 Å². The van der Waals surface area contributed by atoms with Gasteiger partial charge in [0.1, 0.15) is 5.01 Å². The zero-order valence-corrected chi connectivity index (χ0v) is 8.42. The van der Waals surface area contributed by atoms with E-state index in [-0.39, 0.29) is 6.61 Å². The summed E-state index contributed by atoms with van der Waals surface area (Å²) in [6.07, 6.45) is 1.06. The minimum atomic E-state index is 0.286. The topological polar surface area (TPSA) is 49.2 Å². The molecule has 2 rings (SSSR count). The van der Waals surface area contributed by atoms with Gasteiger partial charge < -0.3 is 10.0 Å². The van der Waals surface area contributed by atoms with Gasteiger partial charge in [0.05, 0.1) is 0 Å². The summed E-state index contributed by atoms with van der Waals surface area (Å²) >= 11 is 1.62. The van der Waals surface area contributed by atoms with Crippen molar-refractivity contribution in [3.63, 3.8) is 0 Å². The minimum Gasteiger partial charge on any atom is -0.396 e. The second kappa shape index (κ2) is 3.59. The van der Waals surface area contributed by atoms with E-state index in [0.717, 1.165) is 29.6 Å². The third-order valence-electron chi connectivity index (χ3n) is 2.33. The summed E-state index contributed by atoms with van der Waals surface area (Å²) in [5, 5.41) is 19.0. The maximum Gasteiger partial charge on any atom is 0.208 e. The number of aromatic nitrogens is 2. The molecule has 1 fully saturated rings. The quantitative estimate of drug-likeness (QED) is 0.760. The molecule has 1 aliphatic heterocycles. The number of nitrogens with zero attached hydrogens (tertiary/aromatic N) is 3. The van der Waals surface area contributed by atoms with E-state index >= 15 is 0 Å². The number of hydrogen-bond acceptors (Lipinski definition) is 5. The van der Waals surface area contributed by atoms with Crippen molar-refractivity contribution < 1.29 is 5.11 Å². The summed E-state index contributed by atoms with van der Waals surface area (Å²) in [5.74, 6) is 0.421. The monoisotopic (exact) mass is 199 g/mol. The fourth-order valence-electron chi connectivity index (χ4n) is 1.57. The van der Waals surface area contributed by atoms with E-state index in [0.29, 0.717) is 5.92 Å². The van der Waals surface area contributed by atoms with Gasteiger partial charge in [0.15, 0.2) is 0 Å². The van der Waals surface area contributed by atoms with Gasteiger partial charge in [-0.25, -0.2) is 0 Å². The zero-order chi connectivity index (χ0) is 9.26. The highest BCUT2D eigenvalue weighted by Crippen LogP contribution is 2.25. The van der Waals surface area contributed by atoms with Crippen LogP contribution in [-0.4, -0.2) is 35.0 Å². The Labute approximate surface area is 81.2 Å². The molecule has 0 spiro atoms. The molecule has 1 saturated heterocycles. The number of rotatable bonds is 2. The predicted molar refractivity (Wildman–Crippen MR) is 52.1 cm³/mol. The van der Waals surface area contributed by atoms with Crippen LogP contribution in [0.2, 0.25) is 0 Å². The Kier molecular flexibility index (Phi) is 2.46. The van der Waals surface area contributed by atoms with E-state index in [9.17, 15) is 0 Å². The van der Waals surface area contributed by atoms with Crippen LogP contribution in [0.4, 0.5) is 5.13 Å². The molecule has 0 aromatic carbocycles. The average molecular weight is 199 g/mol. The van der Waals surface area contributed by atoms with Gasteiger partial charge in [-0.15, -0.1) is 10.2 Å². The van der Waals surface area contributed by atoms with Crippen LogP contribution in [0, 0.1) is 12.8 Å². The van der Waals surface area contributed by atoms with E-state index in [1.807, 2.05) is 6.92 Å². The molecule has 72 valence electrons. The molecule has 1 aromatic rings. The van der Waals surface area contributed by atoms with E-state index in [4.69, 9.17) is 5.11 Å². The molecular formula is C8H13N3OS. The van der Waals surface area contributed by atoms with Gasteiger partial charge >= 0.3 is 0 Å². The molecule has 0 amide bonds. The Bertz CT molecular complexity index is 289. The van der Waals surface area contributed by atoms with Gasteiger partial charge in [0, 0.05) is 25.6 Å². The summed E-state index contributed by atoms with van der Waals surface area (Å²) in [4.78, 5) is 2.20. The number of anilines is 1. The molecule has 1 N–H and O–H groups in total. The Morgan fingerprint density at radius 1 is 1.62 bits per heavy atom. The molecule has 1 aromatic heterocycles. The fraction of sp³-hybridized carbons (Fsp3) is 0.750. The summed E-state index contributed by atoms with van der Waals surface area (Å²) in [7, 11) is 0. The predicted octanol–water partition coefficient (Wildman–Crippen LogP) is 0.665. The van der Waals surface area contributed by atoms with Crippen LogP contribution in [0.1, 0.15) is 11.4 Å². The molecule has 0 unspecified atom stereocenters. The molecule has 5 heteroatoms. The van der Waals surface area contributed by atoms with Gasteiger partial charge in [0.25, 0.3) is 0 Å². The molecule has 0 aliphatic carbocycles. The number of aryl methyl sites for hydroxylation is 1. The lowest BCUT2D eigenvalue weighted by molar-refractivity contribution is 0.238. The third kappa shape index (κ3) is 1.81. The van der Waals surface area contributed by atoms with Crippen molar-refractivity contribution in [2.24, 2.45) is 5.92 Å². The lowest BCUT2D eigenvalue weighted by Gasteiger charge is -2.12. The smallest absolute Gasteiger partial charge is 0.208 e. The first-order valence-electron chi connectivity index (χ1n) is 4.45. The van der Waals surface area contributed by atoms with Crippen LogP contribution in [0.3, 0.4) is 0 Å². The molecule has 0 radical (unpaired) electrons. The first kappa shape index (κ1) is 8.90. The van der Waals surface area contributed by atoms with Crippen LogP contribution in [0.15, 0.2) is 0 Å². The van der Waals surface area contributed by atoms with Crippen molar-refractivity contribution >= 4 is 16.5 Å². The molecular weight excluding hydrogens is 186 g/mol. The van der Waals surface area contributed by atoms with Crippen LogP contribution in [0.5, 0.6) is 0 Å². The third-order valence-corrected chi connectivity index (χ3v) is 3.23. The number of aliphatic hydroxyl groups is 1. The van der Waals surface area contributed by atoms with Crippen molar-refractivity contribution in [1.82, 2.24) is 10.2 Å². The Morgan fingerprint density at radius 2 is 2.46 bits per heavy atom. The molecule has 1 aliphatic rings. The van der Waals surface area contributed by atoms with E-state index in [1.165, 1.54) is 0 Å². The van der Waals surface area contributed by atoms with Crippen LogP contribution in [0.25, 0.3) is 0 Å². The summed E-state index contributed by atoms with van der Waals surface area (Å²) < 4.78 is 0. The van der Waals surface area contributed by atoms with Gasteiger partial charge in [-0.05, 0) is 13.3 Å².